The lowest BCUT2D eigenvalue weighted by molar-refractivity contribution is 0.481. The zero-order chi connectivity index (χ0) is 9.40. The monoisotopic (exact) mass is 169 g/mol. The molecule has 1 heteroatoms. The Kier molecular flexibility index (Phi) is 7.17. The molecule has 0 aliphatic rings. The standard InChI is InChI=1S/C11H23N/c1-5-8-11(12-7-3)9-10(4)6-2/h11-12H,4-9H2,1-3H3. The van der Waals surface area contributed by atoms with E-state index in [1.807, 2.05) is 0 Å². The van der Waals surface area contributed by atoms with Crippen LogP contribution in [0.1, 0.15) is 46.5 Å². The van der Waals surface area contributed by atoms with E-state index in [9.17, 15) is 0 Å². The Morgan fingerprint density at radius 1 is 1.33 bits per heavy atom. The Hall–Kier alpha value is -0.300. The minimum Gasteiger partial charge on any atom is -0.314 e. The lowest BCUT2D eigenvalue weighted by Gasteiger charge is -2.17. The highest BCUT2D eigenvalue weighted by Gasteiger charge is 2.05. The molecule has 0 rings (SSSR count). The molecule has 0 saturated carbocycles. The Labute approximate surface area is 77.2 Å². The maximum atomic E-state index is 4.04. The van der Waals surface area contributed by atoms with Gasteiger partial charge in [-0.25, -0.2) is 0 Å². The van der Waals surface area contributed by atoms with Crippen molar-refractivity contribution in [3.8, 4) is 0 Å². The molecule has 1 atom stereocenters. The summed E-state index contributed by atoms with van der Waals surface area (Å²) in [5.41, 5.74) is 1.37. The van der Waals surface area contributed by atoms with E-state index in [1.165, 1.54) is 18.4 Å². The van der Waals surface area contributed by atoms with Gasteiger partial charge in [0, 0.05) is 6.04 Å². The third-order valence-electron chi connectivity index (χ3n) is 2.17. The molecule has 1 N–H and O–H groups in total. The first-order valence-electron chi connectivity index (χ1n) is 5.14. The molecule has 0 aromatic carbocycles. The third-order valence-corrected chi connectivity index (χ3v) is 2.17. The van der Waals surface area contributed by atoms with E-state index in [1.54, 1.807) is 0 Å². The van der Waals surface area contributed by atoms with Crippen LogP contribution in [0.3, 0.4) is 0 Å². The Morgan fingerprint density at radius 2 is 2.00 bits per heavy atom. The summed E-state index contributed by atoms with van der Waals surface area (Å²) in [7, 11) is 0. The summed E-state index contributed by atoms with van der Waals surface area (Å²) >= 11 is 0. The van der Waals surface area contributed by atoms with E-state index in [4.69, 9.17) is 0 Å². The molecule has 0 aliphatic heterocycles. The van der Waals surface area contributed by atoms with Crippen LogP contribution >= 0.6 is 0 Å². The summed E-state index contributed by atoms with van der Waals surface area (Å²) in [5.74, 6) is 0. The first-order chi connectivity index (χ1) is 5.74. The average molecular weight is 169 g/mol. The van der Waals surface area contributed by atoms with Crippen molar-refractivity contribution < 1.29 is 0 Å². The van der Waals surface area contributed by atoms with Crippen molar-refractivity contribution in [3.63, 3.8) is 0 Å². The van der Waals surface area contributed by atoms with Crippen LogP contribution in [0.5, 0.6) is 0 Å². The third kappa shape index (κ3) is 5.36. The molecule has 0 aliphatic carbocycles. The predicted molar refractivity (Wildman–Crippen MR) is 56.4 cm³/mol. The normalized spacial score (nSPS) is 12.9. The molecule has 0 bridgehead atoms. The number of rotatable bonds is 7. The molecule has 0 spiro atoms. The van der Waals surface area contributed by atoms with Gasteiger partial charge in [-0.05, 0) is 25.8 Å². The SMILES string of the molecule is C=C(CC)CC(CCC)NCC. The highest BCUT2D eigenvalue weighted by atomic mass is 14.9. The molecule has 1 unspecified atom stereocenters. The Morgan fingerprint density at radius 3 is 2.42 bits per heavy atom. The lowest BCUT2D eigenvalue weighted by atomic mass is 10.0. The van der Waals surface area contributed by atoms with Crippen molar-refractivity contribution in [2.24, 2.45) is 0 Å². The Bertz CT molecular complexity index is 112. The number of nitrogens with one attached hydrogen (secondary N) is 1. The summed E-state index contributed by atoms with van der Waals surface area (Å²) in [4.78, 5) is 0. The first-order valence-corrected chi connectivity index (χ1v) is 5.14. The smallest absolute Gasteiger partial charge is 0.0104 e. The van der Waals surface area contributed by atoms with Crippen molar-refractivity contribution in [2.75, 3.05) is 6.54 Å². The highest BCUT2D eigenvalue weighted by molar-refractivity contribution is 4.96. The molecule has 0 radical (unpaired) electrons. The second-order valence-electron chi connectivity index (χ2n) is 3.35. The van der Waals surface area contributed by atoms with Gasteiger partial charge in [0.25, 0.3) is 0 Å². The largest absolute Gasteiger partial charge is 0.314 e. The van der Waals surface area contributed by atoms with Crippen molar-refractivity contribution in [1.82, 2.24) is 5.32 Å². The van der Waals surface area contributed by atoms with Gasteiger partial charge in [0.15, 0.2) is 0 Å². The Balaban J connectivity index is 3.68. The molecular formula is C11H23N. The fourth-order valence-electron chi connectivity index (χ4n) is 1.41. The molecule has 12 heavy (non-hydrogen) atoms. The van der Waals surface area contributed by atoms with Gasteiger partial charge in [0.2, 0.25) is 0 Å². The molecule has 1 nitrogen and oxygen atoms in total. The quantitative estimate of drug-likeness (QED) is 0.577. The summed E-state index contributed by atoms with van der Waals surface area (Å²) < 4.78 is 0. The van der Waals surface area contributed by atoms with E-state index in [0.717, 1.165) is 19.4 Å². The van der Waals surface area contributed by atoms with Crippen molar-refractivity contribution >= 4 is 0 Å². The van der Waals surface area contributed by atoms with Crippen LogP contribution in [0.2, 0.25) is 0 Å². The summed E-state index contributed by atoms with van der Waals surface area (Å²) in [6.07, 6.45) is 4.80. The molecule has 0 aromatic heterocycles. The molecule has 0 heterocycles. The van der Waals surface area contributed by atoms with Gasteiger partial charge in [-0.15, -0.1) is 0 Å². The second kappa shape index (κ2) is 7.35. The van der Waals surface area contributed by atoms with Gasteiger partial charge in [0.05, 0.1) is 0 Å². The van der Waals surface area contributed by atoms with Crippen LogP contribution in [-0.4, -0.2) is 12.6 Å². The fourth-order valence-corrected chi connectivity index (χ4v) is 1.41. The van der Waals surface area contributed by atoms with Crippen molar-refractivity contribution in [2.45, 2.75) is 52.5 Å². The van der Waals surface area contributed by atoms with Crippen LogP contribution in [0.4, 0.5) is 0 Å². The van der Waals surface area contributed by atoms with Gasteiger partial charge in [-0.1, -0.05) is 39.3 Å². The fraction of sp³-hybridized carbons (Fsp3) is 0.818. The molecule has 0 amide bonds. The highest BCUT2D eigenvalue weighted by Crippen LogP contribution is 2.10. The molecular weight excluding hydrogens is 146 g/mol. The zero-order valence-electron chi connectivity index (χ0n) is 8.82. The lowest BCUT2D eigenvalue weighted by Crippen LogP contribution is -2.28. The van der Waals surface area contributed by atoms with Gasteiger partial charge < -0.3 is 5.32 Å². The maximum absolute atomic E-state index is 4.04. The van der Waals surface area contributed by atoms with Crippen molar-refractivity contribution in [3.05, 3.63) is 12.2 Å². The zero-order valence-corrected chi connectivity index (χ0v) is 8.82. The van der Waals surface area contributed by atoms with E-state index >= 15 is 0 Å². The molecule has 72 valence electrons. The summed E-state index contributed by atoms with van der Waals surface area (Å²) in [6.45, 7) is 11.7. The minimum absolute atomic E-state index is 0.660. The summed E-state index contributed by atoms with van der Waals surface area (Å²) in [5, 5.41) is 3.49. The van der Waals surface area contributed by atoms with Crippen LogP contribution in [0, 0.1) is 0 Å². The van der Waals surface area contributed by atoms with Gasteiger partial charge in [0.1, 0.15) is 0 Å². The molecule has 0 saturated heterocycles. The van der Waals surface area contributed by atoms with E-state index in [-0.39, 0.29) is 0 Å². The predicted octanol–water partition coefficient (Wildman–Crippen LogP) is 3.12. The van der Waals surface area contributed by atoms with Crippen LogP contribution in [0.25, 0.3) is 0 Å². The van der Waals surface area contributed by atoms with E-state index in [2.05, 4.69) is 32.7 Å². The first kappa shape index (κ1) is 11.7. The van der Waals surface area contributed by atoms with Gasteiger partial charge in [-0.3, -0.25) is 0 Å². The van der Waals surface area contributed by atoms with Crippen LogP contribution in [0.15, 0.2) is 12.2 Å². The topological polar surface area (TPSA) is 12.0 Å². The average Bonchev–Trinajstić information content (AvgIpc) is 2.05. The number of hydrogen-bond donors (Lipinski definition) is 1. The van der Waals surface area contributed by atoms with Crippen LogP contribution < -0.4 is 5.32 Å². The van der Waals surface area contributed by atoms with E-state index < -0.39 is 0 Å². The summed E-state index contributed by atoms with van der Waals surface area (Å²) in [6, 6.07) is 0.660. The maximum Gasteiger partial charge on any atom is 0.0104 e. The van der Waals surface area contributed by atoms with Crippen LogP contribution in [-0.2, 0) is 0 Å². The second-order valence-corrected chi connectivity index (χ2v) is 3.35. The molecule has 0 aromatic rings. The number of hydrogen-bond acceptors (Lipinski definition) is 1. The van der Waals surface area contributed by atoms with Gasteiger partial charge in [-0.2, -0.15) is 0 Å². The van der Waals surface area contributed by atoms with Gasteiger partial charge >= 0.3 is 0 Å². The van der Waals surface area contributed by atoms with E-state index in [0.29, 0.717) is 6.04 Å². The van der Waals surface area contributed by atoms with Crippen molar-refractivity contribution in [1.29, 1.82) is 0 Å². The minimum atomic E-state index is 0.660. The molecule has 0 fully saturated rings.